The van der Waals surface area contributed by atoms with Gasteiger partial charge in [-0.25, -0.2) is 0 Å². The van der Waals surface area contributed by atoms with Gasteiger partial charge in [-0.3, -0.25) is 9.69 Å². The summed E-state index contributed by atoms with van der Waals surface area (Å²) in [6.45, 7) is 6.30. The summed E-state index contributed by atoms with van der Waals surface area (Å²) in [6, 6.07) is 0. The van der Waals surface area contributed by atoms with Crippen LogP contribution >= 0.6 is 0 Å². The molecule has 0 aliphatic carbocycles. The molecule has 0 aromatic carbocycles. The minimum absolute atomic E-state index is 0.0675. The zero-order valence-electron chi connectivity index (χ0n) is 14.6. The van der Waals surface area contributed by atoms with E-state index < -0.39 is 12.1 Å². The molecule has 23 heavy (non-hydrogen) atoms. The minimum atomic E-state index is -0.830. The molecule has 1 unspecified atom stereocenters. The van der Waals surface area contributed by atoms with Crippen molar-refractivity contribution >= 4 is 5.97 Å². The number of allylic oxidation sites excluding steroid dienone is 1. The summed E-state index contributed by atoms with van der Waals surface area (Å²) in [5, 5.41) is 31.5. The van der Waals surface area contributed by atoms with Crippen LogP contribution in [0.15, 0.2) is 12.0 Å². The van der Waals surface area contributed by atoms with Crippen LogP contribution < -0.4 is 5.32 Å². The van der Waals surface area contributed by atoms with Crippen LogP contribution in [0.25, 0.3) is 0 Å². The van der Waals surface area contributed by atoms with Gasteiger partial charge < -0.3 is 20.6 Å². The van der Waals surface area contributed by atoms with E-state index in [1.54, 1.807) is 6.20 Å². The van der Waals surface area contributed by atoms with Gasteiger partial charge in [-0.1, -0.05) is 33.1 Å². The van der Waals surface area contributed by atoms with Crippen molar-refractivity contribution in [3.05, 3.63) is 12.0 Å². The molecule has 0 saturated heterocycles. The van der Waals surface area contributed by atoms with Crippen molar-refractivity contribution in [3.8, 4) is 0 Å². The van der Waals surface area contributed by atoms with Gasteiger partial charge in [0.2, 0.25) is 0 Å². The van der Waals surface area contributed by atoms with Gasteiger partial charge in [0.05, 0.1) is 12.5 Å². The molecule has 0 aromatic heterocycles. The maximum Gasteiger partial charge on any atom is 0.304 e. The lowest BCUT2D eigenvalue weighted by molar-refractivity contribution is -0.137. The number of carboxylic acids is 1. The highest BCUT2D eigenvalue weighted by molar-refractivity contribution is 5.66. The topological polar surface area (TPSA) is 93.0 Å². The first-order chi connectivity index (χ1) is 11.0. The summed E-state index contributed by atoms with van der Waals surface area (Å²) in [5.74, 6) is -0.491. The van der Waals surface area contributed by atoms with Crippen LogP contribution in [-0.2, 0) is 4.79 Å². The summed E-state index contributed by atoms with van der Waals surface area (Å²) < 4.78 is 0. The number of nitrogens with zero attached hydrogens (tertiary/aromatic N) is 1. The van der Waals surface area contributed by atoms with Crippen molar-refractivity contribution in [1.82, 2.24) is 10.2 Å². The molecule has 0 spiro atoms. The highest BCUT2D eigenvalue weighted by Gasteiger charge is 2.12. The third-order valence-corrected chi connectivity index (χ3v) is 3.63. The average Bonchev–Trinajstić information content (AvgIpc) is 2.52. The summed E-state index contributed by atoms with van der Waals surface area (Å²) in [6.07, 6.45) is 6.67. The van der Waals surface area contributed by atoms with E-state index in [4.69, 9.17) is 5.11 Å². The Morgan fingerprint density at radius 2 is 1.83 bits per heavy atom. The Morgan fingerprint density at radius 1 is 1.13 bits per heavy atom. The molecule has 0 radical (unpaired) electrons. The Balaban J connectivity index is 4.16. The van der Waals surface area contributed by atoms with Gasteiger partial charge in [-0.05, 0) is 12.8 Å². The molecule has 6 heteroatoms. The molecule has 6 nitrogen and oxygen atoms in total. The number of carboxylic acid groups (broad SMARTS) is 1. The fourth-order valence-electron chi connectivity index (χ4n) is 2.22. The molecule has 0 rings (SSSR count). The van der Waals surface area contributed by atoms with Crippen LogP contribution in [0.2, 0.25) is 0 Å². The second kappa shape index (κ2) is 14.3. The van der Waals surface area contributed by atoms with Crippen molar-refractivity contribution < 1.29 is 20.1 Å². The second-order valence-corrected chi connectivity index (χ2v) is 5.93. The summed E-state index contributed by atoms with van der Waals surface area (Å²) in [4.78, 5) is 12.7. The molecule has 0 heterocycles. The summed E-state index contributed by atoms with van der Waals surface area (Å²) >= 11 is 0. The third kappa shape index (κ3) is 14.1. The number of hydrogen-bond donors (Lipinski definition) is 4. The van der Waals surface area contributed by atoms with E-state index in [9.17, 15) is 15.0 Å². The van der Waals surface area contributed by atoms with E-state index in [0.717, 1.165) is 32.1 Å². The quantitative estimate of drug-likeness (QED) is 0.272. The Morgan fingerprint density at radius 3 is 2.43 bits per heavy atom. The number of aliphatic hydroxyl groups excluding tert-OH is 2. The first kappa shape index (κ1) is 21.7. The van der Waals surface area contributed by atoms with E-state index in [1.807, 2.05) is 4.90 Å². The van der Waals surface area contributed by atoms with Crippen LogP contribution in [-0.4, -0.2) is 58.5 Å². The lowest BCUT2D eigenvalue weighted by Gasteiger charge is -2.24. The Bertz CT molecular complexity index is 335. The number of hydrogen-bond acceptors (Lipinski definition) is 5. The molecule has 0 saturated carbocycles. The van der Waals surface area contributed by atoms with Crippen molar-refractivity contribution in [2.75, 3.05) is 26.2 Å². The first-order valence-corrected chi connectivity index (χ1v) is 8.73. The number of carbonyl (C=O) groups is 1. The molecule has 4 N–H and O–H groups in total. The third-order valence-electron chi connectivity index (χ3n) is 3.63. The molecule has 0 aliphatic rings. The van der Waals surface area contributed by atoms with E-state index >= 15 is 0 Å². The highest BCUT2D eigenvalue weighted by atomic mass is 16.4. The van der Waals surface area contributed by atoms with E-state index in [0.29, 0.717) is 38.4 Å². The number of aliphatic carboxylic acids is 1. The Labute approximate surface area is 140 Å². The maximum absolute atomic E-state index is 10.7. The molecule has 0 bridgehead atoms. The Kier molecular flexibility index (Phi) is 13.5. The van der Waals surface area contributed by atoms with Gasteiger partial charge in [0, 0.05) is 38.8 Å². The Hall–Kier alpha value is -1.27. The van der Waals surface area contributed by atoms with Gasteiger partial charge in [0.15, 0.2) is 0 Å². The molecule has 1 atom stereocenters. The van der Waals surface area contributed by atoms with Crippen molar-refractivity contribution in [1.29, 1.82) is 0 Å². The molecular formula is C17H34N2O4. The number of nitrogens with one attached hydrogen (secondary N) is 1. The van der Waals surface area contributed by atoms with Crippen LogP contribution in [0, 0.1) is 0 Å². The predicted molar refractivity (Wildman–Crippen MR) is 92.5 cm³/mol. The SMILES string of the molecule is CCCC/C(O)=C/NCCN(CCC(=O)O)CC(O)CCCC. The van der Waals surface area contributed by atoms with Crippen molar-refractivity contribution in [2.45, 2.75) is 64.9 Å². The molecule has 0 amide bonds. The summed E-state index contributed by atoms with van der Waals surface area (Å²) in [7, 11) is 0. The van der Waals surface area contributed by atoms with Gasteiger partial charge in [-0.15, -0.1) is 0 Å². The van der Waals surface area contributed by atoms with Crippen molar-refractivity contribution in [2.24, 2.45) is 0 Å². The normalized spacial score (nSPS) is 13.3. The van der Waals surface area contributed by atoms with Gasteiger partial charge in [0.25, 0.3) is 0 Å². The fourth-order valence-corrected chi connectivity index (χ4v) is 2.22. The van der Waals surface area contributed by atoms with Gasteiger partial charge in [-0.2, -0.15) is 0 Å². The molecule has 0 aliphatic heterocycles. The van der Waals surface area contributed by atoms with Gasteiger partial charge >= 0.3 is 5.97 Å². The van der Waals surface area contributed by atoms with E-state index in [1.165, 1.54) is 0 Å². The maximum atomic E-state index is 10.7. The zero-order chi connectivity index (χ0) is 17.5. The van der Waals surface area contributed by atoms with Crippen molar-refractivity contribution in [3.63, 3.8) is 0 Å². The van der Waals surface area contributed by atoms with E-state index in [2.05, 4.69) is 19.2 Å². The standard InChI is InChI=1S/C17H34N2O4/c1-3-5-7-15(20)13-18-10-12-19(11-9-17(22)23)14-16(21)8-6-4-2/h13,16,18,20-21H,3-12,14H2,1-2H3,(H,22,23)/b15-13-. The molecule has 0 aromatic rings. The van der Waals surface area contributed by atoms with Crippen LogP contribution in [0.1, 0.15) is 58.8 Å². The largest absolute Gasteiger partial charge is 0.511 e. The molecule has 0 fully saturated rings. The zero-order valence-corrected chi connectivity index (χ0v) is 14.6. The highest BCUT2D eigenvalue weighted by Crippen LogP contribution is 2.04. The molecule has 136 valence electrons. The predicted octanol–water partition coefficient (Wildman–Crippen LogP) is 2.49. The van der Waals surface area contributed by atoms with Crippen LogP contribution in [0.5, 0.6) is 0 Å². The number of aliphatic hydroxyl groups is 2. The monoisotopic (exact) mass is 330 g/mol. The molecular weight excluding hydrogens is 296 g/mol. The fraction of sp³-hybridized carbons (Fsp3) is 0.824. The van der Waals surface area contributed by atoms with Crippen LogP contribution in [0.4, 0.5) is 0 Å². The smallest absolute Gasteiger partial charge is 0.304 e. The lowest BCUT2D eigenvalue weighted by atomic mass is 10.1. The second-order valence-electron chi connectivity index (χ2n) is 5.93. The van der Waals surface area contributed by atoms with Gasteiger partial charge in [0.1, 0.15) is 5.76 Å². The summed E-state index contributed by atoms with van der Waals surface area (Å²) in [5.41, 5.74) is 0. The first-order valence-electron chi connectivity index (χ1n) is 8.73. The van der Waals surface area contributed by atoms with Crippen LogP contribution in [0.3, 0.4) is 0 Å². The minimum Gasteiger partial charge on any atom is -0.511 e. The lowest BCUT2D eigenvalue weighted by Crippen LogP contribution is -2.38. The average molecular weight is 330 g/mol. The van der Waals surface area contributed by atoms with E-state index in [-0.39, 0.29) is 6.42 Å². The number of rotatable bonds is 15. The number of unbranched alkanes of at least 4 members (excludes halogenated alkanes) is 2.